The van der Waals surface area contributed by atoms with Gasteiger partial charge in [-0.3, -0.25) is 14.7 Å². The van der Waals surface area contributed by atoms with Crippen molar-refractivity contribution in [3.63, 3.8) is 0 Å². The molecule has 0 aliphatic heterocycles. The van der Waals surface area contributed by atoms with E-state index in [2.05, 4.69) is 15.5 Å². The Labute approximate surface area is 163 Å². The van der Waals surface area contributed by atoms with Crippen LogP contribution in [-0.4, -0.2) is 47.0 Å². The van der Waals surface area contributed by atoms with Crippen molar-refractivity contribution in [3.8, 4) is 0 Å². The van der Waals surface area contributed by atoms with Crippen molar-refractivity contribution in [1.29, 1.82) is 0 Å². The van der Waals surface area contributed by atoms with Crippen molar-refractivity contribution in [2.75, 3.05) is 18.9 Å². The van der Waals surface area contributed by atoms with Gasteiger partial charge in [0.25, 0.3) is 5.56 Å². The number of aryl methyl sites for hydroxylation is 1. The van der Waals surface area contributed by atoms with Crippen LogP contribution in [0.25, 0.3) is 10.9 Å². The van der Waals surface area contributed by atoms with Crippen LogP contribution in [0.1, 0.15) is 0 Å². The molecule has 0 radical (unpaired) electrons. The number of sulfonamides is 1. The van der Waals surface area contributed by atoms with Gasteiger partial charge in [-0.15, -0.1) is 0 Å². The van der Waals surface area contributed by atoms with Crippen molar-refractivity contribution >= 4 is 44.1 Å². The van der Waals surface area contributed by atoms with Crippen molar-refractivity contribution < 1.29 is 17.6 Å². The molecule has 1 amide bonds. The number of hydrogen-bond donors (Lipinski definition) is 2. The predicted octanol–water partition coefficient (Wildman–Crippen LogP) is 1.31. The number of aromatic amines is 1. The molecule has 0 spiro atoms. The van der Waals surface area contributed by atoms with Gasteiger partial charge in [0, 0.05) is 37.1 Å². The summed E-state index contributed by atoms with van der Waals surface area (Å²) in [6, 6.07) is 5.09. The minimum atomic E-state index is -4.20. The van der Waals surface area contributed by atoms with Gasteiger partial charge in [0.05, 0.1) is 11.9 Å². The number of hydrogen-bond acceptors (Lipinski definition) is 5. The lowest BCUT2D eigenvalue weighted by molar-refractivity contribution is -0.116. The molecule has 2 aromatic heterocycles. The smallest absolute Gasteiger partial charge is 0.252 e. The summed E-state index contributed by atoms with van der Waals surface area (Å²) in [6.07, 6.45) is 1.47. The van der Waals surface area contributed by atoms with Gasteiger partial charge >= 0.3 is 0 Å². The van der Waals surface area contributed by atoms with Crippen LogP contribution in [0, 0.1) is 5.95 Å². The van der Waals surface area contributed by atoms with E-state index in [9.17, 15) is 22.4 Å². The Bertz CT molecular complexity index is 1240. The molecule has 0 atom stereocenters. The number of carbonyl (C=O) groups excluding carboxylic acids is 1. The molecule has 0 fully saturated rings. The number of nitrogens with one attached hydrogen (secondary N) is 2. The zero-order chi connectivity index (χ0) is 20.6. The molecule has 9 nitrogen and oxygen atoms in total. The van der Waals surface area contributed by atoms with E-state index in [1.807, 2.05) is 0 Å². The van der Waals surface area contributed by atoms with Crippen LogP contribution in [0.2, 0.25) is 5.02 Å². The number of benzene rings is 1. The maximum atomic E-state index is 13.7. The third-order valence-corrected chi connectivity index (χ3v) is 6.02. The molecule has 0 bridgehead atoms. The Balaban J connectivity index is 1.85. The molecule has 3 rings (SSSR count). The van der Waals surface area contributed by atoms with Crippen molar-refractivity contribution in [3.05, 3.63) is 51.8 Å². The number of nitrogens with zero attached hydrogens (tertiary/aromatic N) is 3. The van der Waals surface area contributed by atoms with Crippen LogP contribution in [0.4, 0.5) is 10.1 Å². The first-order chi connectivity index (χ1) is 13.1. The average molecular weight is 428 g/mol. The first kappa shape index (κ1) is 20.0. The van der Waals surface area contributed by atoms with Gasteiger partial charge in [0.15, 0.2) is 0 Å². The van der Waals surface area contributed by atoms with Gasteiger partial charge < -0.3 is 9.88 Å². The van der Waals surface area contributed by atoms with Crippen LogP contribution in [0.5, 0.6) is 0 Å². The fourth-order valence-electron chi connectivity index (χ4n) is 2.50. The Morgan fingerprint density at radius 1 is 1.39 bits per heavy atom. The number of likely N-dealkylation sites (N-methyl/N-ethyl adjacent to an activating group) is 1. The Morgan fingerprint density at radius 2 is 2.11 bits per heavy atom. The highest BCUT2D eigenvalue weighted by Crippen LogP contribution is 2.29. The van der Waals surface area contributed by atoms with Crippen LogP contribution in [0.3, 0.4) is 0 Å². The number of halogens is 2. The zero-order valence-corrected chi connectivity index (χ0v) is 16.3. The van der Waals surface area contributed by atoms with E-state index in [4.69, 9.17) is 11.6 Å². The normalized spacial score (nSPS) is 11.9. The summed E-state index contributed by atoms with van der Waals surface area (Å²) in [6.45, 7) is -0.543. The molecule has 148 valence electrons. The molecule has 3 aromatic rings. The monoisotopic (exact) mass is 427 g/mol. The summed E-state index contributed by atoms with van der Waals surface area (Å²) in [4.78, 5) is 23.5. The third-order valence-electron chi connectivity index (χ3n) is 3.98. The maximum Gasteiger partial charge on any atom is 0.252 e. The van der Waals surface area contributed by atoms with E-state index in [0.717, 1.165) is 10.4 Å². The minimum absolute atomic E-state index is 0.00403. The summed E-state index contributed by atoms with van der Waals surface area (Å²) in [5.74, 6) is -1.48. The number of pyridine rings is 1. The summed E-state index contributed by atoms with van der Waals surface area (Å²) in [5.41, 5.74) is -0.222. The van der Waals surface area contributed by atoms with E-state index in [0.29, 0.717) is 0 Å². The third kappa shape index (κ3) is 3.77. The average Bonchev–Trinajstić information content (AvgIpc) is 2.98. The first-order valence-electron chi connectivity index (χ1n) is 7.85. The molecule has 1 aromatic carbocycles. The van der Waals surface area contributed by atoms with Crippen LogP contribution in [-0.2, 0) is 21.9 Å². The molecule has 0 saturated carbocycles. The molecule has 0 aliphatic carbocycles. The SMILES string of the molecule is CN(CC(=O)Nc1ccn(C)c(=O)c1)S(=O)(=O)c1cc(Cl)cc2c(F)[nH]nc12. The van der Waals surface area contributed by atoms with Gasteiger partial charge in [0.1, 0.15) is 10.4 Å². The quantitative estimate of drug-likeness (QED) is 0.636. The number of aromatic nitrogens is 3. The molecule has 2 N–H and O–H groups in total. The standard InChI is InChI=1S/C16H15ClFN5O4S/c1-22-4-3-10(7-14(22)25)19-13(24)8-23(2)28(26,27)12-6-9(17)5-11-15(12)20-21-16(11)18/h3-7H,8H2,1-2H3,(H,19,24)(H,20,21). The minimum Gasteiger partial charge on any atom is -0.325 e. The number of rotatable bonds is 5. The number of amides is 1. The highest BCUT2D eigenvalue weighted by Gasteiger charge is 2.27. The van der Waals surface area contributed by atoms with Gasteiger partial charge in [-0.2, -0.15) is 13.8 Å². The molecule has 28 heavy (non-hydrogen) atoms. The maximum absolute atomic E-state index is 13.7. The molecular formula is C16H15ClFN5O4S. The molecular weight excluding hydrogens is 413 g/mol. The van der Waals surface area contributed by atoms with Crippen molar-refractivity contribution in [2.24, 2.45) is 7.05 Å². The molecule has 0 aliphatic rings. The van der Waals surface area contributed by atoms with Gasteiger partial charge in [0.2, 0.25) is 21.9 Å². The van der Waals surface area contributed by atoms with Crippen molar-refractivity contribution in [1.82, 2.24) is 19.1 Å². The fraction of sp³-hybridized carbons (Fsp3) is 0.188. The summed E-state index contributed by atoms with van der Waals surface area (Å²) in [7, 11) is -1.46. The molecule has 12 heteroatoms. The van der Waals surface area contributed by atoms with Crippen LogP contribution < -0.4 is 10.9 Å². The summed E-state index contributed by atoms with van der Waals surface area (Å²) < 4.78 is 41.5. The largest absolute Gasteiger partial charge is 0.325 e. The lowest BCUT2D eigenvalue weighted by Gasteiger charge is -2.17. The lowest BCUT2D eigenvalue weighted by atomic mass is 10.2. The van der Waals surface area contributed by atoms with Gasteiger partial charge in [-0.05, 0) is 18.2 Å². The van der Waals surface area contributed by atoms with Crippen LogP contribution >= 0.6 is 11.6 Å². The van der Waals surface area contributed by atoms with Crippen LogP contribution in [0.15, 0.2) is 40.2 Å². The predicted molar refractivity (Wildman–Crippen MR) is 101 cm³/mol. The van der Waals surface area contributed by atoms with E-state index in [-0.39, 0.29) is 32.1 Å². The second-order valence-corrected chi connectivity index (χ2v) is 8.46. The van der Waals surface area contributed by atoms with Gasteiger partial charge in [-0.25, -0.2) is 8.42 Å². The second-order valence-electron chi connectivity index (χ2n) is 6.01. The highest BCUT2D eigenvalue weighted by atomic mass is 35.5. The number of anilines is 1. The fourth-order valence-corrected chi connectivity index (χ4v) is 4.08. The number of carbonyl (C=O) groups is 1. The topological polar surface area (TPSA) is 117 Å². The molecule has 2 heterocycles. The molecule has 0 saturated heterocycles. The molecule has 0 unspecified atom stereocenters. The van der Waals surface area contributed by atoms with E-state index in [1.165, 1.54) is 36.0 Å². The van der Waals surface area contributed by atoms with E-state index >= 15 is 0 Å². The number of fused-ring (bicyclic) bond motifs is 1. The van der Waals surface area contributed by atoms with Crippen molar-refractivity contribution in [2.45, 2.75) is 4.90 Å². The lowest BCUT2D eigenvalue weighted by Crippen LogP contribution is -2.35. The second kappa shape index (κ2) is 7.34. The summed E-state index contributed by atoms with van der Waals surface area (Å²) >= 11 is 5.90. The Hall–Kier alpha value is -2.76. The first-order valence-corrected chi connectivity index (χ1v) is 9.67. The van der Waals surface area contributed by atoms with E-state index < -0.39 is 28.4 Å². The number of H-pyrrole nitrogens is 1. The zero-order valence-electron chi connectivity index (χ0n) is 14.7. The van der Waals surface area contributed by atoms with Gasteiger partial charge in [-0.1, -0.05) is 11.6 Å². The Morgan fingerprint density at radius 3 is 2.79 bits per heavy atom. The summed E-state index contributed by atoms with van der Waals surface area (Å²) in [5, 5.41) is 8.12. The highest BCUT2D eigenvalue weighted by molar-refractivity contribution is 7.89. The Kier molecular flexibility index (Phi) is 5.24. The van der Waals surface area contributed by atoms with E-state index in [1.54, 1.807) is 7.05 Å².